The van der Waals surface area contributed by atoms with Crippen LogP contribution in [0.3, 0.4) is 0 Å². The van der Waals surface area contributed by atoms with Crippen molar-refractivity contribution in [3.63, 3.8) is 0 Å². The van der Waals surface area contributed by atoms with Gasteiger partial charge in [0.1, 0.15) is 0 Å². The Morgan fingerprint density at radius 2 is 1.48 bits per heavy atom. The van der Waals surface area contributed by atoms with E-state index in [1.165, 1.54) is 63.5 Å². The summed E-state index contributed by atoms with van der Waals surface area (Å²) in [5, 5.41) is 2.55. The summed E-state index contributed by atoms with van der Waals surface area (Å²) in [7, 11) is -4.82. The Kier molecular flexibility index (Phi) is 5.93. The third kappa shape index (κ3) is 4.85. The van der Waals surface area contributed by atoms with Crippen molar-refractivity contribution in [3.8, 4) is 0 Å². The minimum absolute atomic E-state index is 0.0193. The number of hydrogen-bond donors (Lipinski definition) is 2. The molecule has 2 N–H and O–H groups in total. The molecule has 2 aromatic rings. The van der Waals surface area contributed by atoms with Gasteiger partial charge in [-0.25, -0.2) is 21.1 Å². The summed E-state index contributed by atoms with van der Waals surface area (Å²) in [5.74, 6) is -0.266. The molecule has 1 amide bonds. The molecule has 0 saturated heterocycles. The van der Waals surface area contributed by atoms with Gasteiger partial charge in [-0.3, -0.25) is 9.52 Å². The van der Waals surface area contributed by atoms with Crippen LogP contribution in [0.1, 0.15) is 12.5 Å². The SMILES string of the molecule is CC(=O)Nc1ccc(S(=O)(=O)Nc2ccc(C)c(S(=O)(=O)N(C)C)c2)cc1. The van der Waals surface area contributed by atoms with Crippen LogP contribution in [0, 0.1) is 6.92 Å². The van der Waals surface area contributed by atoms with Crippen LogP contribution in [0.2, 0.25) is 0 Å². The molecule has 0 bridgehead atoms. The highest BCUT2D eigenvalue weighted by molar-refractivity contribution is 7.92. The van der Waals surface area contributed by atoms with E-state index in [0.29, 0.717) is 11.3 Å². The summed E-state index contributed by atoms with van der Waals surface area (Å²) in [6, 6.07) is 9.94. The second kappa shape index (κ2) is 7.67. The molecule has 0 aliphatic rings. The Morgan fingerprint density at radius 3 is 2.00 bits per heavy atom. The van der Waals surface area contributed by atoms with Gasteiger partial charge in [-0.2, -0.15) is 0 Å². The standard InChI is InChI=1S/C17H21N3O5S2/c1-12-5-6-15(11-17(12)27(24,25)20(3)4)19-26(22,23)16-9-7-14(8-10-16)18-13(2)21/h5-11,19H,1-4H3,(H,18,21). The van der Waals surface area contributed by atoms with E-state index in [-0.39, 0.29) is 21.4 Å². The van der Waals surface area contributed by atoms with Crippen molar-refractivity contribution in [2.24, 2.45) is 0 Å². The number of anilines is 2. The van der Waals surface area contributed by atoms with Crippen molar-refractivity contribution in [1.82, 2.24) is 4.31 Å². The molecule has 0 aliphatic carbocycles. The van der Waals surface area contributed by atoms with E-state index in [4.69, 9.17) is 0 Å². The lowest BCUT2D eigenvalue weighted by Crippen LogP contribution is -2.23. The van der Waals surface area contributed by atoms with Gasteiger partial charge in [-0.05, 0) is 48.9 Å². The van der Waals surface area contributed by atoms with E-state index in [9.17, 15) is 21.6 Å². The first-order valence-corrected chi connectivity index (χ1v) is 10.8. The molecule has 0 aliphatic heterocycles. The van der Waals surface area contributed by atoms with E-state index in [1.807, 2.05) is 0 Å². The molecule has 0 fully saturated rings. The van der Waals surface area contributed by atoms with Crippen LogP contribution in [0.15, 0.2) is 52.3 Å². The molecular formula is C17H21N3O5S2. The van der Waals surface area contributed by atoms with Gasteiger partial charge < -0.3 is 5.32 Å². The minimum Gasteiger partial charge on any atom is -0.326 e. The zero-order valence-corrected chi connectivity index (χ0v) is 17.0. The van der Waals surface area contributed by atoms with Crippen LogP contribution in [0.5, 0.6) is 0 Å². The second-order valence-electron chi connectivity index (χ2n) is 6.08. The van der Waals surface area contributed by atoms with Gasteiger partial charge in [-0.1, -0.05) is 6.07 Å². The van der Waals surface area contributed by atoms with Crippen molar-refractivity contribution >= 4 is 37.3 Å². The Balaban J connectivity index is 2.34. The number of rotatable bonds is 6. The third-order valence-corrected chi connectivity index (χ3v) is 7.04. The first-order valence-electron chi connectivity index (χ1n) is 7.87. The normalized spacial score (nSPS) is 12.0. The van der Waals surface area contributed by atoms with Gasteiger partial charge in [-0.15, -0.1) is 0 Å². The van der Waals surface area contributed by atoms with Gasteiger partial charge >= 0.3 is 0 Å². The van der Waals surface area contributed by atoms with Crippen molar-refractivity contribution < 1.29 is 21.6 Å². The van der Waals surface area contributed by atoms with Crippen molar-refractivity contribution in [2.75, 3.05) is 24.1 Å². The maximum atomic E-state index is 12.6. The summed E-state index contributed by atoms with van der Waals surface area (Å²) < 4.78 is 53.3. The van der Waals surface area contributed by atoms with Crippen molar-refractivity contribution in [1.29, 1.82) is 0 Å². The Labute approximate surface area is 159 Å². The van der Waals surface area contributed by atoms with Crippen LogP contribution in [0.25, 0.3) is 0 Å². The van der Waals surface area contributed by atoms with Crippen molar-refractivity contribution in [2.45, 2.75) is 23.6 Å². The summed E-state index contributed by atoms with van der Waals surface area (Å²) in [4.78, 5) is 11.0. The Hall–Kier alpha value is -2.43. The maximum absolute atomic E-state index is 12.6. The van der Waals surface area contributed by atoms with Gasteiger partial charge in [0.2, 0.25) is 15.9 Å². The molecule has 0 aromatic heterocycles. The maximum Gasteiger partial charge on any atom is 0.261 e. The Bertz CT molecular complexity index is 1060. The number of nitrogens with one attached hydrogen (secondary N) is 2. The lowest BCUT2D eigenvalue weighted by Gasteiger charge is -2.15. The second-order valence-corrected chi connectivity index (χ2v) is 9.88. The molecule has 0 unspecified atom stereocenters. The van der Waals surface area contributed by atoms with E-state index in [1.54, 1.807) is 6.92 Å². The number of hydrogen-bond acceptors (Lipinski definition) is 5. The average Bonchev–Trinajstić information content (AvgIpc) is 2.56. The lowest BCUT2D eigenvalue weighted by molar-refractivity contribution is -0.114. The van der Waals surface area contributed by atoms with Gasteiger partial charge in [0, 0.05) is 26.7 Å². The predicted molar refractivity (Wildman–Crippen MR) is 104 cm³/mol. The molecule has 0 atom stereocenters. The molecule has 0 heterocycles. The zero-order chi connectivity index (χ0) is 20.4. The number of carbonyl (C=O) groups is 1. The highest BCUT2D eigenvalue weighted by atomic mass is 32.2. The smallest absolute Gasteiger partial charge is 0.261 e. The van der Waals surface area contributed by atoms with Gasteiger partial charge in [0.05, 0.1) is 15.5 Å². The number of amides is 1. The first kappa shape index (κ1) is 20.9. The molecule has 8 nitrogen and oxygen atoms in total. The fourth-order valence-electron chi connectivity index (χ4n) is 2.27. The number of aryl methyl sites for hydroxylation is 1. The van der Waals surface area contributed by atoms with Crippen LogP contribution in [-0.4, -0.2) is 41.1 Å². The highest BCUT2D eigenvalue weighted by Crippen LogP contribution is 2.24. The lowest BCUT2D eigenvalue weighted by atomic mass is 10.2. The largest absolute Gasteiger partial charge is 0.326 e. The van der Waals surface area contributed by atoms with Crippen LogP contribution in [-0.2, 0) is 24.8 Å². The number of carbonyl (C=O) groups excluding carboxylic acids is 1. The molecule has 10 heteroatoms. The van der Waals surface area contributed by atoms with Crippen LogP contribution in [0.4, 0.5) is 11.4 Å². The minimum atomic E-state index is -3.93. The molecular weight excluding hydrogens is 390 g/mol. The predicted octanol–water partition coefficient (Wildman–Crippen LogP) is 2.00. The molecule has 0 radical (unpaired) electrons. The zero-order valence-electron chi connectivity index (χ0n) is 15.3. The van der Waals surface area contributed by atoms with E-state index in [2.05, 4.69) is 10.0 Å². The average molecular weight is 412 g/mol. The quantitative estimate of drug-likeness (QED) is 0.755. The summed E-state index contributed by atoms with van der Waals surface area (Å²) in [6.45, 7) is 2.98. The Morgan fingerprint density at radius 1 is 0.926 bits per heavy atom. The summed E-state index contributed by atoms with van der Waals surface area (Å²) in [6.07, 6.45) is 0. The van der Waals surface area contributed by atoms with Gasteiger partial charge in [0.15, 0.2) is 0 Å². The first-order chi connectivity index (χ1) is 12.4. The topological polar surface area (TPSA) is 113 Å². The molecule has 146 valence electrons. The fourth-order valence-corrected chi connectivity index (χ4v) is 4.47. The molecule has 27 heavy (non-hydrogen) atoms. The van der Waals surface area contributed by atoms with E-state index < -0.39 is 20.0 Å². The van der Waals surface area contributed by atoms with Crippen LogP contribution < -0.4 is 10.0 Å². The number of sulfonamides is 2. The van der Waals surface area contributed by atoms with E-state index >= 15 is 0 Å². The number of benzene rings is 2. The third-order valence-electron chi connectivity index (χ3n) is 3.68. The molecule has 0 saturated carbocycles. The fraction of sp³-hybridized carbons (Fsp3) is 0.235. The van der Waals surface area contributed by atoms with Gasteiger partial charge in [0.25, 0.3) is 10.0 Å². The molecule has 0 spiro atoms. The number of nitrogens with zero attached hydrogens (tertiary/aromatic N) is 1. The molecule has 2 aromatic carbocycles. The van der Waals surface area contributed by atoms with Crippen LogP contribution >= 0.6 is 0 Å². The van der Waals surface area contributed by atoms with Crippen molar-refractivity contribution in [3.05, 3.63) is 48.0 Å². The monoisotopic (exact) mass is 411 g/mol. The summed E-state index contributed by atoms with van der Waals surface area (Å²) >= 11 is 0. The van der Waals surface area contributed by atoms with E-state index in [0.717, 1.165) is 4.31 Å². The molecule has 2 rings (SSSR count). The summed E-state index contributed by atoms with van der Waals surface area (Å²) in [5.41, 5.74) is 1.11. The highest BCUT2D eigenvalue weighted by Gasteiger charge is 2.21.